The molecule has 3 aromatic heterocycles. The van der Waals surface area contributed by atoms with Crippen LogP contribution in [-0.4, -0.2) is 26.5 Å². The summed E-state index contributed by atoms with van der Waals surface area (Å²) in [5.41, 5.74) is 1.59. The highest BCUT2D eigenvalue weighted by Crippen LogP contribution is 2.13. The van der Waals surface area contributed by atoms with E-state index < -0.39 is 5.97 Å². The van der Waals surface area contributed by atoms with Crippen LogP contribution in [0.5, 0.6) is 0 Å². The van der Waals surface area contributed by atoms with Crippen molar-refractivity contribution >= 4 is 22.6 Å². The maximum Gasteiger partial charge on any atom is 0.341 e. The average molecular weight is 326 g/mol. The van der Waals surface area contributed by atoms with E-state index in [-0.39, 0.29) is 23.2 Å². The van der Waals surface area contributed by atoms with E-state index >= 15 is 0 Å². The third-order valence-electron chi connectivity index (χ3n) is 3.95. The zero-order valence-corrected chi connectivity index (χ0v) is 13.8. The molecule has 0 aliphatic heterocycles. The van der Waals surface area contributed by atoms with Gasteiger partial charge in [0.25, 0.3) is 5.56 Å². The fourth-order valence-corrected chi connectivity index (χ4v) is 2.77. The average Bonchev–Trinajstić information content (AvgIpc) is 2.56. The van der Waals surface area contributed by atoms with Crippen molar-refractivity contribution < 1.29 is 9.53 Å². The summed E-state index contributed by atoms with van der Waals surface area (Å²) in [5.74, 6) is -0.611. The molecule has 0 saturated heterocycles. The van der Waals surface area contributed by atoms with Gasteiger partial charge in [-0.05, 0) is 38.5 Å². The van der Waals surface area contributed by atoms with E-state index in [0.717, 1.165) is 5.56 Å². The largest absolute Gasteiger partial charge is 0.462 e. The van der Waals surface area contributed by atoms with Gasteiger partial charge in [-0.3, -0.25) is 14.6 Å². The monoisotopic (exact) mass is 326 g/mol. The van der Waals surface area contributed by atoms with Gasteiger partial charge in [-0.15, -0.1) is 0 Å². The summed E-state index contributed by atoms with van der Waals surface area (Å²) in [6.07, 6.45) is 1.64. The van der Waals surface area contributed by atoms with Crippen LogP contribution in [0.15, 0.2) is 29.2 Å². The number of esters is 1. The Morgan fingerprint density at radius 1 is 1.33 bits per heavy atom. The second-order valence-electron chi connectivity index (χ2n) is 5.41. The topological polar surface area (TPSA) is 89.4 Å². The van der Waals surface area contributed by atoms with Gasteiger partial charge < -0.3 is 9.30 Å². The van der Waals surface area contributed by atoms with Gasteiger partial charge in [0.1, 0.15) is 22.3 Å². The van der Waals surface area contributed by atoms with Crippen molar-refractivity contribution in [3.8, 4) is 0 Å². The van der Waals surface area contributed by atoms with Crippen LogP contribution in [0.4, 0.5) is 0 Å². The zero-order chi connectivity index (χ0) is 17.4. The van der Waals surface area contributed by atoms with Gasteiger partial charge >= 0.3 is 5.97 Å². The lowest BCUT2D eigenvalue weighted by atomic mass is 10.2. The highest BCUT2D eigenvalue weighted by atomic mass is 16.5. The Morgan fingerprint density at radius 3 is 2.75 bits per heavy atom. The molecule has 0 aliphatic carbocycles. The first-order chi connectivity index (χ1) is 11.5. The molecule has 3 rings (SSSR count). The number of nitrogens with zero attached hydrogens (tertiary/aromatic N) is 3. The van der Waals surface area contributed by atoms with E-state index in [0.29, 0.717) is 23.2 Å². The Morgan fingerprint density at radius 2 is 2.08 bits per heavy atom. The van der Waals surface area contributed by atoms with Crippen molar-refractivity contribution in [3.63, 3.8) is 0 Å². The maximum atomic E-state index is 12.8. The minimum Gasteiger partial charge on any atom is -0.462 e. The lowest BCUT2D eigenvalue weighted by molar-refractivity contribution is 0.0523. The van der Waals surface area contributed by atoms with Crippen molar-refractivity contribution in [3.05, 3.63) is 51.4 Å². The van der Waals surface area contributed by atoms with Crippen LogP contribution in [-0.2, 0) is 11.3 Å². The van der Waals surface area contributed by atoms with Crippen LogP contribution in [0, 0.1) is 12.3 Å². The normalized spacial score (nSPS) is 11.1. The number of pyridine rings is 2. The minimum atomic E-state index is -0.611. The number of ether oxygens (including phenoxy) is 1. The smallest absolute Gasteiger partial charge is 0.341 e. The van der Waals surface area contributed by atoms with Crippen molar-refractivity contribution in [1.29, 1.82) is 5.41 Å². The molecule has 3 heterocycles. The van der Waals surface area contributed by atoms with E-state index in [1.165, 1.54) is 10.5 Å². The Bertz CT molecular complexity index is 1080. The molecule has 0 aliphatic rings. The zero-order valence-electron chi connectivity index (χ0n) is 13.8. The van der Waals surface area contributed by atoms with Gasteiger partial charge in [-0.1, -0.05) is 6.07 Å². The molecule has 0 spiro atoms. The van der Waals surface area contributed by atoms with Gasteiger partial charge in [-0.25, -0.2) is 9.78 Å². The quantitative estimate of drug-likeness (QED) is 0.585. The van der Waals surface area contributed by atoms with Crippen LogP contribution in [0.3, 0.4) is 0 Å². The van der Waals surface area contributed by atoms with Gasteiger partial charge in [-0.2, -0.15) is 0 Å². The first kappa shape index (κ1) is 15.9. The van der Waals surface area contributed by atoms with Crippen molar-refractivity contribution in [1.82, 2.24) is 14.0 Å². The number of rotatable bonds is 3. The standard InChI is InChI=1S/C17H18N4O3/c1-4-20-13(18)11(17(23)24-5-2)9-12-15(20)19-14-10(3)7-6-8-21(14)16(12)22/h6-9,18H,4-5H2,1-3H3. The molecule has 0 radical (unpaired) electrons. The Hall–Kier alpha value is -2.96. The lowest BCUT2D eigenvalue weighted by Crippen LogP contribution is -2.30. The van der Waals surface area contributed by atoms with Crippen molar-refractivity contribution in [2.24, 2.45) is 0 Å². The van der Waals surface area contributed by atoms with Crippen LogP contribution in [0.2, 0.25) is 0 Å². The maximum absolute atomic E-state index is 12.8. The third-order valence-corrected chi connectivity index (χ3v) is 3.95. The SMILES string of the molecule is CCOC(=O)c1cc2c(=O)n3cccc(C)c3nc2n(CC)c1=N. The van der Waals surface area contributed by atoms with Crippen LogP contribution in [0.25, 0.3) is 16.7 Å². The summed E-state index contributed by atoms with van der Waals surface area (Å²) in [6, 6.07) is 5.06. The van der Waals surface area contributed by atoms with Crippen LogP contribution in [0.1, 0.15) is 29.8 Å². The molecule has 1 N–H and O–H groups in total. The molecule has 0 fully saturated rings. The van der Waals surface area contributed by atoms with Crippen LogP contribution < -0.4 is 11.0 Å². The number of carbonyl (C=O) groups is 1. The number of aryl methyl sites for hydroxylation is 2. The number of aromatic nitrogens is 3. The number of carbonyl (C=O) groups excluding carboxylic acids is 1. The minimum absolute atomic E-state index is 0.00622. The molecule has 0 saturated carbocycles. The first-order valence-corrected chi connectivity index (χ1v) is 7.76. The van der Waals surface area contributed by atoms with E-state index in [4.69, 9.17) is 10.1 Å². The van der Waals surface area contributed by atoms with Crippen LogP contribution >= 0.6 is 0 Å². The summed E-state index contributed by atoms with van der Waals surface area (Å²) in [5, 5.41) is 8.57. The second kappa shape index (κ2) is 5.92. The molecular formula is C17H18N4O3. The predicted octanol–water partition coefficient (Wildman–Crippen LogP) is 1.63. The number of fused-ring (bicyclic) bond motifs is 2. The van der Waals surface area contributed by atoms with Gasteiger partial charge in [0.05, 0.1) is 12.0 Å². The predicted molar refractivity (Wildman–Crippen MR) is 89.2 cm³/mol. The first-order valence-electron chi connectivity index (χ1n) is 7.76. The summed E-state index contributed by atoms with van der Waals surface area (Å²) >= 11 is 0. The van der Waals surface area contributed by atoms with Crippen molar-refractivity contribution in [2.75, 3.05) is 6.61 Å². The molecule has 0 bridgehead atoms. The van der Waals surface area contributed by atoms with E-state index in [9.17, 15) is 9.59 Å². The molecule has 0 aromatic carbocycles. The third kappa shape index (κ3) is 2.29. The Balaban J connectivity index is 2.51. The lowest BCUT2D eigenvalue weighted by Gasteiger charge is -2.13. The molecule has 124 valence electrons. The number of hydrogen-bond acceptors (Lipinski definition) is 5. The fraction of sp³-hybridized carbons (Fsp3) is 0.294. The van der Waals surface area contributed by atoms with Gasteiger partial charge in [0, 0.05) is 12.7 Å². The summed E-state index contributed by atoms with van der Waals surface area (Å²) < 4.78 is 8.01. The number of nitrogens with one attached hydrogen (secondary N) is 1. The molecular weight excluding hydrogens is 308 g/mol. The molecule has 0 atom stereocenters. The highest BCUT2D eigenvalue weighted by molar-refractivity contribution is 5.93. The van der Waals surface area contributed by atoms with Gasteiger partial charge in [0.15, 0.2) is 0 Å². The second-order valence-corrected chi connectivity index (χ2v) is 5.41. The van der Waals surface area contributed by atoms with E-state index in [2.05, 4.69) is 4.98 Å². The summed E-state index contributed by atoms with van der Waals surface area (Å²) in [7, 11) is 0. The molecule has 24 heavy (non-hydrogen) atoms. The van der Waals surface area contributed by atoms with Gasteiger partial charge in [0.2, 0.25) is 0 Å². The fourth-order valence-electron chi connectivity index (χ4n) is 2.77. The van der Waals surface area contributed by atoms with E-state index in [1.54, 1.807) is 23.8 Å². The molecule has 7 heteroatoms. The summed E-state index contributed by atoms with van der Waals surface area (Å²) in [6.45, 7) is 6.03. The Kier molecular flexibility index (Phi) is 3.92. The molecule has 7 nitrogen and oxygen atoms in total. The molecule has 0 unspecified atom stereocenters. The number of hydrogen-bond donors (Lipinski definition) is 1. The molecule has 0 amide bonds. The van der Waals surface area contributed by atoms with E-state index in [1.807, 2.05) is 19.9 Å². The van der Waals surface area contributed by atoms with Crippen molar-refractivity contribution in [2.45, 2.75) is 27.3 Å². The molecule has 3 aromatic rings. The summed E-state index contributed by atoms with van der Waals surface area (Å²) in [4.78, 5) is 29.5. The Labute approximate surface area is 137 Å². The highest BCUT2D eigenvalue weighted by Gasteiger charge is 2.17.